The Kier molecular flexibility index (Phi) is 3.06. The zero-order chi connectivity index (χ0) is 11.8. The molecule has 1 heterocycles. The van der Waals surface area contributed by atoms with Gasteiger partial charge >= 0.3 is 0 Å². The van der Waals surface area contributed by atoms with Crippen molar-refractivity contribution in [2.24, 2.45) is 5.73 Å². The molecule has 2 rings (SSSR count). The summed E-state index contributed by atoms with van der Waals surface area (Å²) in [6.07, 6.45) is 0. The molecular formula is C13H14ClNS. The molecule has 0 radical (unpaired) electrons. The van der Waals surface area contributed by atoms with Crippen LogP contribution in [-0.4, -0.2) is 0 Å². The van der Waals surface area contributed by atoms with Gasteiger partial charge in [0, 0.05) is 14.8 Å². The molecule has 16 heavy (non-hydrogen) atoms. The van der Waals surface area contributed by atoms with Crippen LogP contribution in [-0.2, 0) is 5.54 Å². The average Bonchev–Trinajstić information content (AvgIpc) is 2.66. The summed E-state index contributed by atoms with van der Waals surface area (Å²) < 4.78 is 0. The molecule has 1 nitrogen and oxygen atoms in total. The fourth-order valence-electron chi connectivity index (χ4n) is 1.65. The first-order valence-corrected chi connectivity index (χ1v) is 6.31. The van der Waals surface area contributed by atoms with Crippen molar-refractivity contribution >= 4 is 22.9 Å². The molecule has 1 unspecified atom stereocenters. The van der Waals surface area contributed by atoms with Gasteiger partial charge in [0.2, 0.25) is 0 Å². The second-order valence-corrected chi connectivity index (χ2v) is 5.84. The molecule has 0 amide bonds. The summed E-state index contributed by atoms with van der Waals surface area (Å²) in [6, 6.07) is 11.9. The van der Waals surface area contributed by atoms with Gasteiger partial charge in [0.1, 0.15) is 0 Å². The predicted molar refractivity (Wildman–Crippen MR) is 71.1 cm³/mol. The standard InChI is InChI=1S/C13H14ClNS/c1-9-3-8-12(16-9)13(2,15)10-4-6-11(14)7-5-10/h3-8H,15H2,1-2H3. The number of rotatable bonds is 2. The van der Waals surface area contributed by atoms with Gasteiger partial charge in [-0.1, -0.05) is 23.7 Å². The Hall–Kier alpha value is -0.830. The number of aryl methyl sites for hydroxylation is 1. The molecule has 0 saturated carbocycles. The van der Waals surface area contributed by atoms with Crippen LogP contribution in [0.2, 0.25) is 5.02 Å². The molecule has 0 bridgehead atoms. The van der Waals surface area contributed by atoms with Crippen molar-refractivity contribution in [2.75, 3.05) is 0 Å². The third-order valence-electron chi connectivity index (χ3n) is 2.70. The largest absolute Gasteiger partial charge is 0.317 e. The normalized spacial score (nSPS) is 14.8. The highest BCUT2D eigenvalue weighted by Crippen LogP contribution is 2.32. The minimum atomic E-state index is -0.441. The van der Waals surface area contributed by atoms with Gasteiger partial charge < -0.3 is 5.73 Å². The molecule has 84 valence electrons. The molecule has 0 aliphatic heterocycles. The third-order valence-corrected chi connectivity index (χ3v) is 4.19. The predicted octanol–water partition coefficient (Wildman–Crippen LogP) is 3.93. The van der Waals surface area contributed by atoms with E-state index in [1.807, 2.05) is 31.2 Å². The molecule has 1 aromatic heterocycles. The van der Waals surface area contributed by atoms with E-state index < -0.39 is 5.54 Å². The summed E-state index contributed by atoms with van der Waals surface area (Å²) in [4.78, 5) is 2.45. The van der Waals surface area contributed by atoms with Gasteiger partial charge in [-0.15, -0.1) is 11.3 Å². The Morgan fingerprint density at radius 3 is 2.25 bits per heavy atom. The van der Waals surface area contributed by atoms with Gasteiger partial charge in [0.05, 0.1) is 5.54 Å². The lowest BCUT2D eigenvalue weighted by Crippen LogP contribution is -2.33. The Labute approximate surface area is 105 Å². The van der Waals surface area contributed by atoms with Crippen LogP contribution in [0.5, 0.6) is 0 Å². The van der Waals surface area contributed by atoms with E-state index in [0.29, 0.717) is 0 Å². The SMILES string of the molecule is Cc1ccc(C(C)(N)c2ccc(Cl)cc2)s1. The summed E-state index contributed by atoms with van der Waals surface area (Å²) in [5, 5.41) is 0.738. The maximum atomic E-state index is 6.39. The quantitative estimate of drug-likeness (QED) is 0.860. The summed E-state index contributed by atoms with van der Waals surface area (Å²) >= 11 is 7.61. The highest BCUT2D eigenvalue weighted by Gasteiger charge is 2.24. The first-order chi connectivity index (χ1) is 7.50. The summed E-state index contributed by atoms with van der Waals surface area (Å²) in [6.45, 7) is 4.12. The van der Waals surface area contributed by atoms with Crippen molar-refractivity contribution in [2.45, 2.75) is 19.4 Å². The topological polar surface area (TPSA) is 26.0 Å². The Morgan fingerprint density at radius 1 is 1.12 bits per heavy atom. The van der Waals surface area contributed by atoms with Crippen LogP contribution in [0.1, 0.15) is 22.2 Å². The zero-order valence-corrected chi connectivity index (χ0v) is 10.9. The number of halogens is 1. The van der Waals surface area contributed by atoms with Crippen LogP contribution >= 0.6 is 22.9 Å². The van der Waals surface area contributed by atoms with Crippen molar-refractivity contribution in [3.8, 4) is 0 Å². The molecule has 0 aliphatic rings. The molecule has 1 aromatic carbocycles. The lowest BCUT2D eigenvalue weighted by Gasteiger charge is -2.24. The molecule has 2 aromatic rings. The van der Waals surface area contributed by atoms with Gasteiger partial charge in [0.25, 0.3) is 0 Å². The van der Waals surface area contributed by atoms with Gasteiger partial charge in [-0.3, -0.25) is 0 Å². The minimum Gasteiger partial charge on any atom is -0.317 e. The van der Waals surface area contributed by atoms with E-state index in [0.717, 1.165) is 10.6 Å². The summed E-state index contributed by atoms with van der Waals surface area (Å²) in [5.41, 5.74) is 7.03. The van der Waals surface area contributed by atoms with E-state index in [1.54, 1.807) is 11.3 Å². The number of thiophene rings is 1. The highest BCUT2D eigenvalue weighted by atomic mass is 35.5. The highest BCUT2D eigenvalue weighted by molar-refractivity contribution is 7.12. The first kappa shape index (κ1) is 11.6. The lowest BCUT2D eigenvalue weighted by atomic mass is 9.92. The molecule has 1 atom stereocenters. The van der Waals surface area contributed by atoms with Crippen LogP contribution in [0.25, 0.3) is 0 Å². The summed E-state index contributed by atoms with van der Waals surface area (Å²) in [5.74, 6) is 0. The number of hydrogen-bond donors (Lipinski definition) is 1. The molecule has 2 N–H and O–H groups in total. The van der Waals surface area contributed by atoms with Crippen molar-refractivity contribution in [3.63, 3.8) is 0 Å². The van der Waals surface area contributed by atoms with Crippen LogP contribution < -0.4 is 5.73 Å². The van der Waals surface area contributed by atoms with E-state index in [4.69, 9.17) is 17.3 Å². The Bertz CT molecular complexity index is 485. The molecular weight excluding hydrogens is 238 g/mol. The lowest BCUT2D eigenvalue weighted by molar-refractivity contribution is 0.617. The maximum absolute atomic E-state index is 6.39. The average molecular weight is 252 g/mol. The van der Waals surface area contributed by atoms with E-state index in [1.165, 1.54) is 9.75 Å². The number of benzene rings is 1. The molecule has 0 saturated heterocycles. The van der Waals surface area contributed by atoms with E-state index >= 15 is 0 Å². The third kappa shape index (κ3) is 2.14. The van der Waals surface area contributed by atoms with Gasteiger partial charge in [-0.05, 0) is 43.7 Å². The molecule has 3 heteroatoms. The fourth-order valence-corrected chi connectivity index (χ4v) is 2.73. The second-order valence-electron chi connectivity index (χ2n) is 4.12. The molecule has 0 aliphatic carbocycles. The van der Waals surface area contributed by atoms with Gasteiger partial charge in [-0.25, -0.2) is 0 Å². The van der Waals surface area contributed by atoms with E-state index in [9.17, 15) is 0 Å². The maximum Gasteiger partial charge on any atom is 0.0730 e. The zero-order valence-electron chi connectivity index (χ0n) is 9.33. The summed E-state index contributed by atoms with van der Waals surface area (Å²) in [7, 11) is 0. The van der Waals surface area contributed by atoms with Crippen LogP contribution in [0.4, 0.5) is 0 Å². The van der Waals surface area contributed by atoms with Gasteiger partial charge in [0.15, 0.2) is 0 Å². The smallest absolute Gasteiger partial charge is 0.0730 e. The van der Waals surface area contributed by atoms with Crippen LogP contribution in [0.15, 0.2) is 36.4 Å². The Morgan fingerprint density at radius 2 is 1.75 bits per heavy atom. The van der Waals surface area contributed by atoms with Crippen molar-refractivity contribution < 1.29 is 0 Å². The second kappa shape index (κ2) is 4.21. The van der Waals surface area contributed by atoms with Crippen molar-refractivity contribution in [3.05, 3.63) is 56.7 Å². The van der Waals surface area contributed by atoms with E-state index in [-0.39, 0.29) is 0 Å². The van der Waals surface area contributed by atoms with E-state index in [2.05, 4.69) is 19.1 Å². The van der Waals surface area contributed by atoms with Crippen LogP contribution in [0.3, 0.4) is 0 Å². The van der Waals surface area contributed by atoms with Crippen molar-refractivity contribution in [1.82, 2.24) is 0 Å². The number of nitrogens with two attached hydrogens (primary N) is 1. The molecule has 0 spiro atoms. The first-order valence-electron chi connectivity index (χ1n) is 5.12. The van der Waals surface area contributed by atoms with Crippen molar-refractivity contribution in [1.29, 1.82) is 0 Å². The van der Waals surface area contributed by atoms with Gasteiger partial charge in [-0.2, -0.15) is 0 Å². The number of hydrogen-bond acceptors (Lipinski definition) is 2. The molecule has 0 fully saturated rings. The Balaban J connectivity index is 2.42. The minimum absolute atomic E-state index is 0.441. The fraction of sp³-hybridized carbons (Fsp3) is 0.231. The monoisotopic (exact) mass is 251 g/mol. The van der Waals surface area contributed by atoms with Crippen LogP contribution in [0, 0.1) is 6.92 Å².